The van der Waals surface area contributed by atoms with Crippen LogP contribution in [0.4, 0.5) is 5.82 Å². The van der Waals surface area contributed by atoms with E-state index < -0.39 is 0 Å². The third kappa shape index (κ3) is 2.81. The van der Waals surface area contributed by atoms with Gasteiger partial charge in [-0.1, -0.05) is 13.3 Å². The molecule has 1 N–H and O–H groups in total. The van der Waals surface area contributed by atoms with Gasteiger partial charge in [-0.3, -0.25) is 0 Å². The molecule has 1 aliphatic rings. The van der Waals surface area contributed by atoms with Gasteiger partial charge in [0.1, 0.15) is 11.4 Å². The molecule has 1 aliphatic carbocycles. The highest BCUT2D eigenvalue weighted by atomic mass is 16.5. The second-order valence-electron chi connectivity index (χ2n) is 5.14. The Morgan fingerprint density at radius 3 is 2.94 bits per heavy atom. The van der Waals surface area contributed by atoms with E-state index in [1.807, 2.05) is 0 Å². The number of esters is 1. The lowest BCUT2D eigenvalue weighted by Gasteiger charge is -2.38. The molecule has 0 aliphatic heterocycles. The van der Waals surface area contributed by atoms with Crippen molar-refractivity contribution in [1.82, 2.24) is 4.98 Å². The van der Waals surface area contributed by atoms with Crippen LogP contribution in [0, 0.1) is 5.41 Å². The number of ether oxygens (including phenoxy) is 1. The number of rotatable bonds is 5. The van der Waals surface area contributed by atoms with Crippen molar-refractivity contribution in [3.05, 3.63) is 23.9 Å². The first-order chi connectivity index (χ1) is 8.64. The van der Waals surface area contributed by atoms with E-state index in [0.717, 1.165) is 6.54 Å². The van der Waals surface area contributed by atoms with Crippen molar-refractivity contribution in [2.75, 3.05) is 18.5 Å². The summed E-state index contributed by atoms with van der Waals surface area (Å²) in [6, 6.07) is 3.50. The molecule has 2 rings (SSSR count). The molecule has 1 aromatic heterocycles. The number of carbonyl (C=O) groups is 1. The lowest BCUT2D eigenvalue weighted by atomic mass is 9.70. The van der Waals surface area contributed by atoms with Gasteiger partial charge in [-0.05, 0) is 37.3 Å². The first-order valence-corrected chi connectivity index (χ1v) is 6.51. The number of aromatic nitrogens is 1. The lowest BCUT2D eigenvalue weighted by molar-refractivity contribution is 0.0527. The molecule has 0 bridgehead atoms. The van der Waals surface area contributed by atoms with Crippen molar-refractivity contribution in [2.45, 2.75) is 33.1 Å². The number of hydrogen-bond donors (Lipinski definition) is 1. The van der Waals surface area contributed by atoms with Gasteiger partial charge in [-0.15, -0.1) is 0 Å². The zero-order valence-electron chi connectivity index (χ0n) is 11.0. The minimum Gasteiger partial charge on any atom is -0.462 e. The summed E-state index contributed by atoms with van der Waals surface area (Å²) in [6.45, 7) is 5.30. The van der Waals surface area contributed by atoms with Gasteiger partial charge in [-0.25, -0.2) is 9.78 Å². The van der Waals surface area contributed by atoms with Crippen LogP contribution in [-0.4, -0.2) is 24.1 Å². The summed E-state index contributed by atoms with van der Waals surface area (Å²) in [5, 5.41) is 3.28. The maximum Gasteiger partial charge on any atom is 0.341 e. The molecular formula is C14H20N2O2. The first kappa shape index (κ1) is 12.9. The summed E-state index contributed by atoms with van der Waals surface area (Å²) in [5.41, 5.74) is 0.867. The fourth-order valence-electron chi connectivity index (χ4n) is 2.17. The van der Waals surface area contributed by atoms with Gasteiger partial charge >= 0.3 is 5.97 Å². The Balaban J connectivity index is 2.05. The molecular weight excluding hydrogens is 228 g/mol. The monoisotopic (exact) mass is 248 g/mol. The molecule has 1 fully saturated rings. The van der Waals surface area contributed by atoms with Crippen LogP contribution in [-0.2, 0) is 4.74 Å². The van der Waals surface area contributed by atoms with Crippen LogP contribution < -0.4 is 5.32 Å². The highest BCUT2D eigenvalue weighted by Crippen LogP contribution is 2.40. The van der Waals surface area contributed by atoms with Crippen LogP contribution in [0.25, 0.3) is 0 Å². The molecule has 0 aromatic carbocycles. The van der Waals surface area contributed by atoms with Crippen LogP contribution in [0.3, 0.4) is 0 Å². The highest BCUT2D eigenvalue weighted by molar-refractivity contribution is 5.94. The average Bonchev–Trinajstić information content (AvgIpc) is 2.35. The van der Waals surface area contributed by atoms with Crippen molar-refractivity contribution in [3.8, 4) is 0 Å². The minimum absolute atomic E-state index is 0.313. The molecule has 1 aromatic rings. The molecule has 0 radical (unpaired) electrons. The summed E-state index contributed by atoms with van der Waals surface area (Å²) < 4.78 is 5.02. The van der Waals surface area contributed by atoms with Gasteiger partial charge in [-0.2, -0.15) is 0 Å². The highest BCUT2D eigenvalue weighted by Gasteiger charge is 2.31. The van der Waals surface area contributed by atoms with E-state index in [9.17, 15) is 4.79 Å². The molecule has 0 unspecified atom stereocenters. The largest absolute Gasteiger partial charge is 0.462 e. The summed E-state index contributed by atoms with van der Waals surface area (Å²) >= 11 is 0. The van der Waals surface area contributed by atoms with Crippen LogP contribution >= 0.6 is 0 Å². The Hall–Kier alpha value is -1.58. The molecule has 1 saturated carbocycles. The SMILES string of the molecule is CCOC(=O)c1cccnc1NCC1(C)CCC1. The van der Waals surface area contributed by atoms with Gasteiger partial charge < -0.3 is 10.1 Å². The van der Waals surface area contributed by atoms with E-state index in [2.05, 4.69) is 17.2 Å². The Morgan fingerprint density at radius 2 is 2.33 bits per heavy atom. The Labute approximate surface area is 108 Å². The van der Waals surface area contributed by atoms with E-state index in [4.69, 9.17) is 4.74 Å². The van der Waals surface area contributed by atoms with Gasteiger partial charge in [0.25, 0.3) is 0 Å². The van der Waals surface area contributed by atoms with Crippen LogP contribution in [0.5, 0.6) is 0 Å². The maximum atomic E-state index is 11.8. The molecule has 18 heavy (non-hydrogen) atoms. The number of pyridine rings is 1. The van der Waals surface area contributed by atoms with Crippen molar-refractivity contribution in [2.24, 2.45) is 5.41 Å². The number of anilines is 1. The number of carbonyl (C=O) groups excluding carboxylic acids is 1. The fraction of sp³-hybridized carbons (Fsp3) is 0.571. The van der Waals surface area contributed by atoms with Crippen LogP contribution in [0.2, 0.25) is 0 Å². The molecule has 0 atom stereocenters. The average molecular weight is 248 g/mol. The molecule has 4 heteroatoms. The Kier molecular flexibility index (Phi) is 3.84. The van der Waals surface area contributed by atoms with Crippen LogP contribution in [0.15, 0.2) is 18.3 Å². The van der Waals surface area contributed by atoms with E-state index in [0.29, 0.717) is 23.4 Å². The summed E-state index contributed by atoms with van der Waals surface area (Å²) in [4.78, 5) is 16.0. The predicted molar refractivity (Wildman–Crippen MR) is 70.6 cm³/mol. The van der Waals surface area contributed by atoms with Crippen molar-refractivity contribution < 1.29 is 9.53 Å². The van der Waals surface area contributed by atoms with E-state index >= 15 is 0 Å². The van der Waals surface area contributed by atoms with Gasteiger partial charge in [0, 0.05) is 12.7 Å². The molecule has 4 nitrogen and oxygen atoms in total. The van der Waals surface area contributed by atoms with Gasteiger partial charge in [0.2, 0.25) is 0 Å². The second-order valence-corrected chi connectivity index (χ2v) is 5.14. The standard InChI is InChI=1S/C14H20N2O2/c1-3-18-13(17)11-6-4-9-15-12(11)16-10-14(2)7-5-8-14/h4,6,9H,3,5,7-8,10H2,1-2H3,(H,15,16). The van der Waals surface area contributed by atoms with Crippen LogP contribution in [0.1, 0.15) is 43.5 Å². The third-order valence-corrected chi connectivity index (χ3v) is 3.55. The molecule has 0 amide bonds. The van der Waals surface area contributed by atoms with Gasteiger partial charge in [0.05, 0.1) is 6.61 Å². The smallest absolute Gasteiger partial charge is 0.341 e. The van der Waals surface area contributed by atoms with E-state index in [1.54, 1.807) is 25.3 Å². The van der Waals surface area contributed by atoms with E-state index in [-0.39, 0.29) is 5.97 Å². The zero-order valence-corrected chi connectivity index (χ0v) is 11.0. The van der Waals surface area contributed by atoms with Crippen molar-refractivity contribution in [1.29, 1.82) is 0 Å². The molecule has 98 valence electrons. The minimum atomic E-state index is -0.313. The van der Waals surface area contributed by atoms with Gasteiger partial charge in [0.15, 0.2) is 0 Å². The Morgan fingerprint density at radius 1 is 1.56 bits per heavy atom. The van der Waals surface area contributed by atoms with E-state index in [1.165, 1.54) is 19.3 Å². The molecule has 0 saturated heterocycles. The second kappa shape index (κ2) is 5.38. The summed E-state index contributed by atoms with van der Waals surface area (Å²) in [7, 11) is 0. The quantitative estimate of drug-likeness (QED) is 0.814. The Bertz CT molecular complexity index is 428. The number of nitrogens with zero attached hydrogens (tertiary/aromatic N) is 1. The topological polar surface area (TPSA) is 51.2 Å². The number of nitrogens with one attached hydrogen (secondary N) is 1. The maximum absolute atomic E-state index is 11.8. The molecule has 1 heterocycles. The fourth-order valence-corrected chi connectivity index (χ4v) is 2.17. The van der Waals surface area contributed by atoms with Crippen molar-refractivity contribution >= 4 is 11.8 Å². The number of hydrogen-bond acceptors (Lipinski definition) is 4. The third-order valence-electron chi connectivity index (χ3n) is 3.55. The van der Waals surface area contributed by atoms with Crippen molar-refractivity contribution in [3.63, 3.8) is 0 Å². The summed E-state index contributed by atoms with van der Waals surface area (Å²) in [5.74, 6) is 0.316. The zero-order chi connectivity index (χ0) is 13.0. The first-order valence-electron chi connectivity index (χ1n) is 6.51. The lowest BCUT2D eigenvalue weighted by Crippen LogP contribution is -2.33. The summed E-state index contributed by atoms with van der Waals surface area (Å²) in [6.07, 6.45) is 5.46. The normalized spacial score (nSPS) is 16.8. The molecule has 0 spiro atoms. The predicted octanol–water partition coefficient (Wildman–Crippen LogP) is 2.86.